The Morgan fingerprint density at radius 1 is 1.13 bits per heavy atom. The zero-order valence-corrected chi connectivity index (χ0v) is 16.7. The number of nitrogens with zero attached hydrogens (tertiary/aromatic N) is 4. The van der Waals surface area contributed by atoms with Gasteiger partial charge in [0.2, 0.25) is 0 Å². The Morgan fingerprint density at radius 2 is 1.94 bits per heavy atom. The van der Waals surface area contributed by atoms with Crippen LogP contribution in [-0.4, -0.2) is 22.1 Å². The van der Waals surface area contributed by atoms with Crippen LogP contribution < -0.4 is 15.8 Å². The number of oxazole rings is 1. The maximum Gasteiger partial charge on any atom is 0.417 e. The minimum atomic E-state index is -0.750. The first kappa shape index (κ1) is 20.1. The Kier molecular flexibility index (Phi) is 5.15. The SMILES string of the molecule is COc1cc(N=Nc2ncc(C)c(Nc3cc(F)c4oc(=O)[nH]c4c3)n2)cc(C)c1F. The van der Waals surface area contributed by atoms with Crippen LogP contribution in [0.1, 0.15) is 11.1 Å². The summed E-state index contributed by atoms with van der Waals surface area (Å²) in [6, 6.07) is 5.61. The quantitative estimate of drug-likeness (QED) is 0.435. The molecule has 0 amide bonds. The summed E-state index contributed by atoms with van der Waals surface area (Å²) in [5, 5.41) is 11.0. The summed E-state index contributed by atoms with van der Waals surface area (Å²) in [6.45, 7) is 3.34. The monoisotopic (exact) mass is 426 g/mol. The number of anilines is 2. The van der Waals surface area contributed by atoms with Crippen LogP contribution in [0.15, 0.2) is 49.9 Å². The number of ether oxygens (including phenoxy) is 1. The van der Waals surface area contributed by atoms with E-state index in [4.69, 9.17) is 9.15 Å². The molecule has 9 nitrogen and oxygen atoms in total. The number of azo groups is 1. The molecule has 11 heteroatoms. The molecular weight excluding hydrogens is 410 g/mol. The van der Waals surface area contributed by atoms with Crippen LogP contribution >= 0.6 is 0 Å². The Hall–Kier alpha value is -4.15. The van der Waals surface area contributed by atoms with Crippen molar-refractivity contribution in [2.75, 3.05) is 12.4 Å². The molecule has 2 aromatic heterocycles. The summed E-state index contributed by atoms with van der Waals surface area (Å²) in [5.41, 5.74) is 1.78. The number of aryl methyl sites for hydroxylation is 2. The maximum absolute atomic E-state index is 14.2. The maximum atomic E-state index is 14.2. The highest BCUT2D eigenvalue weighted by Gasteiger charge is 2.12. The summed E-state index contributed by atoms with van der Waals surface area (Å²) in [4.78, 5) is 22.1. The molecule has 0 aliphatic rings. The summed E-state index contributed by atoms with van der Waals surface area (Å²) in [7, 11) is 1.36. The Morgan fingerprint density at radius 3 is 2.71 bits per heavy atom. The molecule has 2 heterocycles. The van der Waals surface area contributed by atoms with Crippen LogP contribution in [0, 0.1) is 25.5 Å². The molecule has 0 saturated heterocycles. The number of methoxy groups -OCH3 is 1. The molecule has 0 aliphatic carbocycles. The van der Waals surface area contributed by atoms with Crippen molar-refractivity contribution in [3.63, 3.8) is 0 Å². The van der Waals surface area contributed by atoms with Gasteiger partial charge in [-0.1, -0.05) is 0 Å². The van der Waals surface area contributed by atoms with Gasteiger partial charge in [0.25, 0.3) is 5.95 Å². The third-order valence-electron chi connectivity index (χ3n) is 4.38. The van der Waals surface area contributed by atoms with Gasteiger partial charge in [0.1, 0.15) is 5.82 Å². The molecule has 0 fully saturated rings. The third kappa shape index (κ3) is 4.10. The van der Waals surface area contributed by atoms with Crippen molar-refractivity contribution in [3.8, 4) is 5.75 Å². The molecule has 0 bridgehead atoms. The number of rotatable bonds is 5. The number of nitrogens with one attached hydrogen (secondary N) is 2. The van der Waals surface area contributed by atoms with Gasteiger partial charge in [-0.3, -0.25) is 4.98 Å². The minimum absolute atomic E-state index is 0.0345. The van der Waals surface area contributed by atoms with Crippen molar-refractivity contribution in [2.45, 2.75) is 13.8 Å². The molecule has 2 N–H and O–H groups in total. The number of H-pyrrole nitrogens is 1. The average Bonchev–Trinajstić information content (AvgIpc) is 3.11. The van der Waals surface area contributed by atoms with Gasteiger partial charge in [0.05, 0.1) is 18.3 Å². The van der Waals surface area contributed by atoms with E-state index in [0.29, 0.717) is 28.3 Å². The number of aromatic nitrogens is 3. The molecule has 0 radical (unpaired) electrons. The van der Waals surface area contributed by atoms with Crippen LogP contribution in [0.3, 0.4) is 0 Å². The molecule has 2 aromatic carbocycles. The Bertz CT molecular complexity index is 1380. The predicted octanol–water partition coefficient (Wildman–Crippen LogP) is 4.97. The molecule has 31 heavy (non-hydrogen) atoms. The van der Waals surface area contributed by atoms with Crippen LogP contribution in [0.2, 0.25) is 0 Å². The number of hydrogen-bond donors (Lipinski definition) is 2. The summed E-state index contributed by atoms with van der Waals surface area (Å²) < 4.78 is 37.8. The molecular formula is C20H16F2N6O3. The van der Waals surface area contributed by atoms with Crippen molar-refractivity contribution in [1.82, 2.24) is 15.0 Å². The first-order chi connectivity index (χ1) is 14.8. The van der Waals surface area contributed by atoms with Gasteiger partial charge in [-0.05, 0) is 31.5 Å². The lowest BCUT2D eigenvalue weighted by Crippen LogP contribution is -1.98. The second-order valence-electron chi connectivity index (χ2n) is 6.65. The zero-order chi connectivity index (χ0) is 22.1. The fourth-order valence-corrected chi connectivity index (χ4v) is 2.86. The number of halogens is 2. The molecule has 0 spiro atoms. The van der Waals surface area contributed by atoms with Gasteiger partial charge in [0, 0.05) is 29.6 Å². The number of benzene rings is 2. The molecule has 158 valence electrons. The third-order valence-corrected chi connectivity index (χ3v) is 4.38. The molecule has 4 rings (SSSR count). The van der Waals surface area contributed by atoms with E-state index in [-0.39, 0.29) is 22.8 Å². The van der Waals surface area contributed by atoms with Crippen molar-refractivity contribution < 1.29 is 17.9 Å². The van der Waals surface area contributed by atoms with E-state index in [1.54, 1.807) is 13.8 Å². The molecule has 4 aromatic rings. The topological polar surface area (TPSA) is 118 Å². The Balaban J connectivity index is 1.63. The lowest BCUT2D eigenvalue weighted by Gasteiger charge is -2.09. The van der Waals surface area contributed by atoms with Crippen molar-refractivity contribution in [2.24, 2.45) is 10.2 Å². The summed E-state index contributed by atoms with van der Waals surface area (Å²) in [5.74, 6) is -1.47. The van der Waals surface area contributed by atoms with E-state index in [1.807, 2.05) is 0 Å². The van der Waals surface area contributed by atoms with Gasteiger partial charge in [-0.15, -0.1) is 10.2 Å². The van der Waals surface area contributed by atoms with E-state index in [1.165, 1.54) is 37.6 Å². The Labute approximate surface area is 173 Å². The van der Waals surface area contributed by atoms with E-state index >= 15 is 0 Å². The first-order valence-corrected chi connectivity index (χ1v) is 9.03. The number of hydrogen-bond acceptors (Lipinski definition) is 8. The predicted molar refractivity (Wildman–Crippen MR) is 109 cm³/mol. The van der Waals surface area contributed by atoms with Crippen molar-refractivity contribution in [3.05, 3.63) is 63.8 Å². The largest absolute Gasteiger partial charge is 0.494 e. The number of aromatic amines is 1. The summed E-state index contributed by atoms with van der Waals surface area (Å²) >= 11 is 0. The highest BCUT2D eigenvalue weighted by Crippen LogP contribution is 2.29. The molecule has 0 saturated carbocycles. The van der Waals surface area contributed by atoms with Gasteiger partial charge in [0.15, 0.2) is 23.0 Å². The van der Waals surface area contributed by atoms with Crippen LogP contribution in [0.25, 0.3) is 11.1 Å². The second kappa shape index (κ2) is 7.94. The lowest BCUT2D eigenvalue weighted by atomic mass is 10.2. The van der Waals surface area contributed by atoms with E-state index in [9.17, 15) is 13.6 Å². The van der Waals surface area contributed by atoms with Gasteiger partial charge < -0.3 is 14.5 Å². The fraction of sp³-hybridized carbons (Fsp3) is 0.150. The number of fused-ring (bicyclic) bond motifs is 1. The fourth-order valence-electron chi connectivity index (χ4n) is 2.86. The zero-order valence-electron chi connectivity index (χ0n) is 16.7. The van der Waals surface area contributed by atoms with E-state index in [2.05, 4.69) is 30.5 Å². The van der Waals surface area contributed by atoms with Gasteiger partial charge in [-0.25, -0.2) is 18.6 Å². The summed E-state index contributed by atoms with van der Waals surface area (Å²) in [6.07, 6.45) is 1.52. The van der Waals surface area contributed by atoms with Gasteiger partial charge >= 0.3 is 5.76 Å². The van der Waals surface area contributed by atoms with Crippen LogP contribution in [-0.2, 0) is 0 Å². The average molecular weight is 426 g/mol. The first-order valence-electron chi connectivity index (χ1n) is 9.03. The highest BCUT2D eigenvalue weighted by atomic mass is 19.1. The van der Waals surface area contributed by atoms with E-state index < -0.39 is 17.4 Å². The smallest absolute Gasteiger partial charge is 0.417 e. The standard InChI is InChI=1S/C20H16F2N6O3/c1-9-4-12(7-15(30-3)16(9)22)27-28-19-23-8-10(2)18(26-19)24-11-5-13(21)17-14(6-11)25-20(29)31-17/h4-8H,1-3H3,(H,25,29)(H,23,24,26). The van der Waals surface area contributed by atoms with Crippen molar-refractivity contribution in [1.29, 1.82) is 0 Å². The van der Waals surface area contributed by atoms with Crippen LogP contribution in [0.4, 0.5) is 31.9 Å². The van der Waals surface area contributed by atoms with Crippen LogP contribution in [0.5, 0.6) is 5.75 Å². The normalized spacial score (nSPS) is 11.4. The molecule has 0 aliphatic heterocycles. The second-order valence-corrected chi connectivity index (χ2v) is 6.65. The van der Waals surface area contributed by atoms with E-state index in [0.717, 1.165) is 0 Å². The van der Waals surface area contributed by atoms with Crippen molar-refractivity contribution >= 4 is 34.2 Å². The minimum Gasteiger partial charge on any atom is -0.494 e. The molecule has 0 unspecified atom stereocenters. The lowest BCUT2D eigenvalue weighted by molar-refractivity contribution is 0.385. The van der Waals surface area contributed by atoms with Gasteiger partial charge in [-0.2, -0.15) is 4.98 Å². The molecule has 0 atom stereocenters. The highest BCUT2D eigenvalue weighted by molar-refractivity contribution is 5.79.